The predicted octanol–water partition coefficient (Wildman–Crippen LogP) is 2.61. The molecular formula is C18H30N2O. The van der Waals surface area contributed by atoms with Crippen LogP contribution in [0.15, 0.2) is 30.3 Å². The van der Waals surface area contributed by atoms with Crippen LogP contribution < -0.4 is 5.32 Å². The smallest absolute Gasteiger partial charge is 0.0681 e. The van der Waals surface area contributed by atoms with Gasteiger partial charge in [-0.15, -0.1) is 0 Å². The molecule has 0 heterocycles. The second-order valence-electron chi connectivity index (χ2n) is 6.22. The molecule has 0 aliphatic heterocycles. The predicted molar refractivity (Wildman–Crippen MR) is 88.3 cm³/mol. The Bertz CT molecular complexity index is 405. The van der Waals surface area contributed by atoms with Crippen molar-refractivity contribution in [3.63, 3.8) is 0 Å². The molecule has 1 unspecified atom stereocenters. The van der Waals surface area contributed by atoms with E-state index < -0.39 is 0 Å². The Kier molecular flexibility index (Phi) is 6.22. The molecule has 0 bridgehead atoms. The molecule has 2 rings (SSSR count). The summed E-state index contributed by atoms with van der Waals surface area (Å²) in [6.45, 7) is 8.71. The van der Waals surface area contributed by atoms with Crippen LogP contribution in [0.3, 0.4) is 0 Å². The van der Waals surface area contributed by atoms with Crippen molar-refractivity contribution in [3.8, 4) is 0 Å². The van der Waals surface area contributed by atoms with E-state index in [1.165, 1.54) is 24.9 Å². The molecule has 1 fully saturated rings. The molecule has 0 amide bonds. The maximum absolute atomic E-state index is 10.1. The molecule has 3 nitrogen and oxygen atoms in total. The van der Waals surface area contributed by atoms with E-state index in [0.717, 1.165) is 32.0 Å². The fourth-order valence-corrected chi connectivity index (χ4v) is 3.05. The highest BCUT2D eigenvalue weighted by atomic mass is 16.3. The molecule has 21 heavy (non-hydrogen) atoms. The van der Waals surface area contributed by atoms with Crippen molar-refractivity contribution < 1.29 is 5.11 Å². The second-order valence-corrected chi connectivity index (χ2v) is 6.22. The van der Waals surface area contributed by atoms with Gasteiger partial charge in [-0.1, -0.05) is 44.2 Å². The summed E-state index contributed by atoms with van der Waals surface area (Å²) in [7, 11) is 0. The van der Waals surface area contributed by atoms with Gasteiger partial charge in [0.05, 0.1) is 12.1 Å². The Morgan fingerprint density at radius 2 is 1.95 bits per heavy atom. The lowest BCUT2D eigenvalue weighted by molar-refractivity contribution is 0.133. The Morgan fingerprint density at radius 3 is 2.48 bits per heavy atom. The fourth-order valence-electron chi connectivity index (χ4n) is 3.05. The molecule has 1 aromatic carbocycles. The molecule has 1 saturated carbocycles. The first kappa shape index (κ1) is 16.5. The number of aliphatic hydroxyl groups excluding tert-OH is 1. The summed E-state index contributed by atoms with van der Waals surface area (Å²) >= 11 is 0. The minimum Gasteiger partial charge on any atom is -0.394 e. The van der Waals surface area contributed by atoms with Crippen LogP contribution in [0.5, 0.6) is 0 Å². The van der Waals surface area contributed by atoms with Gasteiger partial charge in [-0.05, 0) is 43.8 Å². The summed E-state index contributed by atoms with van der Waals surface area (Å²) in [6.07, 6.45) is 3.74. The third-order valence-corrected chi connectivity index (χ3v) is 4.63. The van der Waals surface area contributed by atoms with Crippen molar-refractivity contribution in [2.24, 2.45) is 5.92 Å². The first-order valence-electron chi connectivity index (χ1n) is 8.38. The van der Waals surface area contributed by atoms with E-state index in [1.54, 1.807) is 0 Å². The van der Waals surface area contributed by atoms with Crippen LogP contribution >= 0.6 is 0 Å². The summed E-state index contributed by atoms with van der Waals surface area (Å²) in [5.41, 5.74) is 0.879. The first-order chi connectivity index (χ1) is 10.2. The van der Waals surface area contributed by atoms with Gasteiger partial charge < -0.3 is 15.3 Å². The molecule has 2 N–H and O–H groups in total. The number of hydrogen-bond donors (Lipinski definition) is 2. The standard InChI is InChI=1S/C18H30N2O/c1-3-19-18(15-21,17-8-6-5-7-9-17)12-13-20(4-2)14-16-10-11-16/h5-9,16,19,21H,3-4,10-15H2,1-2H3. The Hall–Kier alpha value is -0.900. The summed E-state index contributed by atoms with van der Waals surface area (Å²) in [5.74, 6) is 0.921. The van der Waals surface area contributed by atoms with Crippen LogP contribution in [0.25, 0.3) is 0 Å². The average molecular weight is 290 g/mol. The van der Waals surface area contributed by atoms with Gasteiger partial charge in [0.25, 0.3) is 0 Å². The van der Waals surface area contributed by atoms with E-state index in [0.29, 0.717) is 0 Å². The normalized spacial score (nSPS) is 17.9. The number of rotatable bonds is 10. The number of nitrogens with zero attached hydrogens (tertiary/aromatic N) is 1. The van der Waals surface area contributed by atoms with E-state index in [1.807, 2.05) is 6.07 Å². The molecule has 0 radical (unpaired) electrons. The van der Waals surface area contributed by atoms with Crippen molar-refractivity contribution in [3.05, 3.63) is 35.9 Å². The Balaban J connectivity index is 2.04. The summed E-state index contributed by atoms with van der Waals surface area (Å²) in [4.78, 5) is 2.53. The molecule has 0 spiro atoms. The lowest BCUT2D eigenvalue weighted by atomic mass is 9.87. The minimum atomic E-state index is -0.313. The quantitative estimate of drug-likeness (QED) is 0.695. The number of likely N-dealkylation sites (N-methyl/N-ethyl adjacent to an activating group) is 1. The monoisotopic (exact) mass is 290 g/mol. The first-order valence-corrected chi connectivity index (χ1v) is 8.38. The minimum absolute atomic E-state index is 0.145. The van der Waals surface area contributed by atoms with Crippen molar-refractivity contribution in [1.29, 1.82) is 0 Å². The number of benzene rings is 1. The highest BCUT2D eigenvalue weighted by molar-refractivity contribution is 5.24. The lowest BCUT2D eigenvalue weighted by Crippen LogP contribution is -2.48. The summed E-state index contributed by atoms with van der Waals surface area (Å²) in [5, 5.41) is 13.6. The second kappa shape index (κ2) is 7.92. The highest BCUT2D eigenvalue weighted by Gasteiger charge is 2.31. The van der Waals surface area contributed by atoms with Gasteiger partial charge in [0, 0.05) is 13.1 Å². The van der Waals surface area contributed by atoms with Crippen molar-refractivity contribution in [2.75, 3.05) is 32.8 Å². The van der Waals surface area contributed by atoms with Gasteiger partial charge in [-0.25, -0.2) is 0 Å². The third-order valence-electron chi connectivity index (χ3n) is 4.63. The molecular weight excluding hydrogens is 260 g/mol. The van der Waals surface area contributed by atoms with Gasteiger partial charge in [-0.3, -0.25) is 0 Å². The number of aliphatic hydroxyl groups is 1. The molecule has 1 aliphatic rings. The van der Waals surface area contributed by atoms with E-state index in [2.05, 4.69) is 48.3 Å². The largest absolute Gasteiger partial charge is 0.394 e. The molecule has 0 aromatic heterocycles. The fraction of sp³-hybridized carbons (Fsp3) is 0.667. The van der Waals surface area contributed by atoms with Crippen LogP contribution in [-0.4, -0.2) is 42.8 Å². The van der Waals surface area contributed by atoms with Crippen molar-refractivity contribution in [1.82, 2.24) is 10.2 Å². The van der Waals surface area contributed by atoms with Crippen molar-refractivity contribution in [2.45, 2.75) is 38.6 Å². The Labute approximate surface area is 129 Å². The van der Waals surface area contributed by atoms with Gasteiger partial charge in [0.1, 0.15) is 0 Å². The van der Waals surface area contributed by atoms with Crippen LogP contribution in [0, 0.1) is 5.92 Å². The van der Waals surface area contributed by atoms with E-state index >= 15 is 0 Å². The lowest BCUT2D eigenvalue weighted by Gasteiger charge is -2.35. The SMILES string of the molecule is CCNC(CO)(CCN(CC)CC1CC1)c1ccccc1. The molecule has 1 aliphatic carbocycles. The summed E-state index contributed by atoms with van der Waals surface area (Å²) < 4.78 is 0. The molecule has 3 heteroatoms. The van der Waals surface area contributed by atoms with Gasteiger partial charge in [0.2, 0.25) is 0 Å². The third kappa shape index (κ3) is 4.53. The van der Waals surface area contributed by atoms with Gasteiger partial charge in [0.15, 0.2) is 0 Å². The van der Waals surface area contributed by atoms with E-state index in [-0.39, 0.29) is 12.1 Å². The molecule has 0 saturated heterocycles. The van der Waals surface area contributed by atoms with E-state index in [9.17, 15) is 5.11 Å². The van der Waals surface area contributed by atoms with Crippen LogP contribution in [0.4, 0.5) is 0 Å². The maximum atomic E-state index is 10.1. The summed E-state index contributed by atoms with van der Waals surface area (Å²) in [6, 6.07) is 10.4. The Morgan fingerprint density at radius 1 is 1.24 bits per heavy atom. The molecule has 1 atom stereocenters. The van der Waals surface area contributed by atoms with Crippen LogP contribution in [0.1, 0.15) is 38.7 Å². The number of hydrogen-bond acceptors (Lipinski definition) is 3. The van der Waals surface area contributed by atoms with E-state index in [4.69, 9.17) is 0 Å². The molecule has 118 valence electrons. The van der Waals surface area contributed by atoms with Crippen LogP contribution in [-0.2, 0) is 5.54 Å². The average Bonchev–Trinajstić information content (AvgIpc) is 3.35. The number of nitrogens with one attached hydrogen (secondary N) is 1. The topological polar surface area (TPSA) is 35.5 Å². The zero-order valence-corrected chi connectivity index (χ0v) is 13.5. The van der Waals surface area contributed by atoms with Crippen LogP contribution in [0.2, 0.25) is 0 Å². The van der Waals surface area contributed by atoms with Crippen molar-refractivity contribution >= 4 is 0 Å². The zero-order chi connectivity index (χ0) is 15.1. The van der Waals surface area contributed by atoms with Gasteiger partial charge >= 0.3 is 0 Å². The molecule has 1 aromatic rings. The highest BCUT2D eigenvalue weighted by Crippen LogP contribution is 2.30. The zero-order valence-electron chi connectivity index (χ0n) is 13.5. The van der Waals surface area contributed by atoms with Gasteiger partial charge in [-0.2, -0.15) is 0 Å². The maximum Gasteiger partial charge on any atom is 0.0681 e.